The van der Waals surface area contributed by atoms with E-state index in [1.165, 1.54) is 18.2 Å². The molecule has 0 spiro atoms. The zero-order chi connectivity index (χ0) is 32.9. The van der Waals surface area contributed by atoms with E-state index in [9.17, 15) is 9.50 Å². The zero-order valence-electron chi connectivity index (χ0n) is 27.6. The number of rotatable bonds is 13. The minimum Gasteiger partial charge on any atom is -0.507 e. The molecule has 11 heteroatoms. The number of nitrogens with zero attached hydrogens (tertiary/aromatic N) is 5. The molecule has 6 rings (SSSR count). The number of nitrogen functional groups attached to an aromatic ring is 1. The van der Waals surface area contributed by atoms with Gasteiger partial charge in [-0.3, -0.25) is 0 Å². The van der Waals surface area contributed by atoms with E-state index >= 15 is 4.39 Å². The Bertz CT molecular complexity index is 1480. The number of phenolic OH excluding ortho intramolecular Hbond substituents is 1. The minimum atomic E-state index is -0.468. The number of piperazine rings is 1. The second-order valence-corrected chi connectivity index (χ2v) is 13.1. The monoisotopic (exact) mass is 650 g/mol. The predicted molar refractivity (Wildman–Crippen MR) is 182 cm³/mol. The van der Waals surface area contributed by atoms with Crippen LogP contribution in [0.4, 0.5) is 31.7 Å². The summed E-state index contributed by atoms with van der Waals surface area (Å²) in [5.41, 5.74) is 9.34. The lowest BCUT2D eigenvalue weighted by molar-refractivity contribution is -0.177. The Balaban J connectivity index is 1.14. The van der Waals surface area contributed by atoms with Crippen molar-refractivity contribution in [3.63, 3.8) is 0 Å². The van der Waals surface area contributed by atoms with E-state index in [1.54, 1.807) is 12.1 Å². The van der Waals surface area contributed by atoms with E-state index in [0.717, 1.165) is 70.1 Å². The van der Waals surface area contributed by atoms with Crippen LogP contribution in [0.2, 0.25) is 0 Å². The topological polar surface area (TPSA) is 100 Å². The van der Waals surface area contributed by atoms with Crippen LogP contribution in [0, 0.1) is 17.6 Å². The van der Waals surface area contributed by atoms with Gasteiger partial charge in [0.25, 0.3) is 0 Å². The summed E-state index contributed by atoms with van der Waals surface area (Å²) in [6, 6.07) is 11.5. The van der Waals surface area contributed by atoms with Crippen molar-refractivity contribution < 1.29 is 23.4 Å². The van der Waals surface area contributed by atoms with Gasteiger partial charge in [0.15, 0.2) is 12.1 Å². The molecule has 47 heavy (non-hydrogen) atoms. The van der Waals surface area contributed by atoms with Crippen molar-refractivity contribution in [3.05, 3.63) is 54.1 Å². The average molecular weight is 651 g/mol. The third kappa shape index (κ3) is 7.41. The molecule has 4 heterocycles. The molecule has 2 atom stereocenters. The fourth-order valence-corrected chi connectivity index (χ4v) is 7.34. The van der Waals surface area contributed by atoms with Gasteiger partial charge in [-0.2, -0.15) is 0 Å². The molecule has 9 nitrogen and oxygen atoms in total. The van der Waals surface area contributed by atoms with E-state index in [2.05, 4.69) is 38.7 Å². The Morgan fingerprint density at radius 2 is 1.53 bits per heavy atom. The Morgan fingerprint density at radius 1 is 0.851 bits per heavy atom. The predicted octanol–water partition coefficient (Wildman–Crippen LogP) is 6.74. The molecule has 3 N–H and O–H groups in total. The van der Waals surface area contributed by atoms with E-state index in [1.807, 2.05) is 12.1 Å². The van der Waals surface area contributed by atoms with Gasteiger partial charge in [-0.1, -0.05) is 26.7 Å². The van der Waals surface area contributed by atoms with Crippen LogP contribution in [0.1, 0.15) is 65.2 Å². The van der Waals surface area contributed by atoms with Crippen LogP contribution in [0.25, 0.3) is 11.3 Å². The third-order valence-electron chi connectivity index (χ3n) is 9.91. The van der Waals surface area contributed by atoms with Gasteiger partial charge in [-0.15, -0.1) is 10.2 Å². The molecule has 2 aromatic carbocycles. The van der Waals surface area contributed by atoms with E-state index in [-0.39, 0.29) is 35.5 Å². The van der Waals surface area contributed by atoms with E-state index < -0.39 is 5.82 Å². The molecule has 3 aliphatic heterocycles. The summed E-state index contributed by atoms with van der Waals surface area (Å²) in [5, 5.41) is 18.6. The molecule has 0 aliphatic carbocycles. The first-order chi connectivity index (χ1) is 22.9. The van der Waals surface area contributed by atoms with Crippen LogP contribution in [-0.4, -0.2) is 73.1 Å². The lowest BCUT2D eigenvalue weighted by Crippen LogP contribution is -2.54. The standard InChI is InChI=1S/C36H48F2N6O3/c1-3-5-17-46-36(47-18-6-4-2)24-13-15-42(16-14-24)32-20-26(10-11-30(32)38)44-27-8-9-28(44)23-43(22-27)33-21-31(40-41-35(33)39)29-19-25(37)7-12-34(29)45/h7,10-12,19-21,24,27-28,36,45H,3-6,8-9,13-18,22-23H2,1-2H3,(H2,39,41). The largest absolute Gasteiger partial charge is 0.507 e. The van der Waals surface area contributed by atoms with Gasteiger partial charge in [-0.25, -0.2) is 8.78 Å². The summed E-state index contributed by atoms with van der Waals surface area (Å²) in [4.78, 5) is 6.82. The first-order valence-electron chi connectivity index (χ1n) is 17.3. The number of aromatic hydroxyl groups is 1. The van der Waals surface area contributed by atoms with Crippen LogP contribution in [-0.2, 0) is 9.47 Å². The molecule has 0 radical (unpaired) electrons. The number of benzene rings is 2. The Hall–Kier alpha value is -3.70. The lowest BCUT2D eigenvalue weighted by Gasteiger charge is -2.44. The molecule has 2 bridgehead atoms. The SMILES string of the molecule is CCCCOC(OCCCC)C1CCN(c2cc(N3C4CCC3CN(c3cc(-c5cc(F)ccc5O)nnc3N)C4)ccc2F)CC1. The van der Waals surface area contributed by atoms with Crippen molar-refractivity contribution in [1.82, 2.24) is 10.2 Å². The highest BCUT2D eigenvalue weighted by Crippen LogP contribution is 2.41. The fourth-order valence-electron chi connectivity index (χ4n) is 7.34. The van der Waals surface area contributed by atoms with E-state index in [4.69, 9.17) is 15.2 Å². The van der Waals surface area contributed by atoms with Crippen molar-refractivity contribution in [2.45, 2.75) is 83.6 Å². The molecule has 2 unspecified atom stereocenters. The molecule has 3 fully saturated rings. The third-order valence-corrected chi connectivity index (χ3v) is 9.91. The van der Waals surface area contributed by atoms with Crippen LogP contribution in [0.3, 0.4) is 0 Å². The van der Waals surface area contributed by atoms with Gasteiger partial charge in [0, 0.05) is 68.6 Å². The van der Waals surface area contributed by atoms with Crippen molar-refractivity contribution in [2.75, 3.05) is 59.8 Å². The molecular formula is C36H48F2N6O3. The number of anilines is 4. The number of halogens is 2. The molecular weight excluding hydrogens is 602 g/mol. The number of fused-ring (bicyclic) bond motifs is 2. The highest BCUT2D eigenvalue weighted by atomic mass is 19.1. The fraction of sp³-hybridized carbons (Fsp3) is 0.556. The number of piperidine rings is 1. The summed E-state index contributed by atoms with van der Waals surface area (Å²) >= 11 is 0. The van der Waals surface area contributed by atoms with E-state index in [0.29, 0.717) is 55.1 Å². The zero-order valence-corrected chi connectivity index (χ0v) is 27.6. The first-order valence-corrected chi connectivity index (χ1v) is 17.3. The lowest BCUT2D eigenvalue weighted by atomic mass is 9.95. The summed E-state index contributed by atoms with van der Waals surface area (Å²) < 4.78 is 41.7. The highest BCUT2D eigenvalue weighted by Gasteiger charge is 2.41. The van der Waals surface area contributed by atoms with Gasteiger partial charge in [-0.05, 0) is 81.0 Å². The Morgan fingerprint density at radius 3 is 2.19 bits per heavy atom. The number of hydrogen-bond donors (Lipinski definition) is 2. The number of nitrogens with two attached hydrogens (primary N) is 1. The number of ether oxygens (including phenoxy) is 2. The molecule has 1 aromatic heterocycles. The Kier molecular flexibility index (Phi) is 10.6. The number of aromatic nitrogens is 2. The van der Waals surface area contributed by atoms with Gasteiger partial charge in [0.05, 0.1) is 17.1 Å². The maximum absolute atomic E-state index is 15.4. The molecule has 3 saturated heterocycles. The second kappa shape index (κ2) is 15.0. The number of unbranched alkanes of at least 4 members (excludes halogenated alkanes) is 2. The first kappa shape index (κ1) is 33.2. The average Bonchev–Trinajstić information content (AvgIpc) is 3.34. The summed E-state index contributed by atoms with van der Waals surface area (Å²) in [5.74, 6) is -0.144. The highest BCUT2D eigenvalue weighted by molar-refractivity contribution is 5.75. The molecule has 0 amide bonds. The minimum absolute atomic E-state index is 0.0712. The van der Waals surface area contributed by atoms with Gasteiger partial charge in [0.2, 0.25) is 0 Å². The smallest absolute Gasteiger partial charge is 0.169 e. The Labute approximate surface area is 276 Å². The van der Waals surface area contributed by atoms with Crippen molar-refractivity contribution >= 4 is 22.9 Å². The van der Waals surface area contributed by atoms with Crippen LogP contribution in [0.5, 0.6) is 5.75 Å². The van der Waals surface area contributed by atoms with Gasteiger partial charge >= 0.3 is 0 Å². The summed E-state index contributed by atoms with van der Waals surface area (Å²) in [6.45, 7) is 8.67. The van der Waals surface area contributed by atoms with Crippen molar-refractivity contribution in [1.29, 1.82) is 0 Å². The quantitative estimate of drug-likeness (QED) is 0.154. The number of phenols is 1. The number of hydrogen-bond acceptors (Lipinski definition) is 9. The summed E-state index contributed by atoms with van der Waals surface area (Å²) in [7, 11) is 0. The van der Waals surface area contributed by atoms with Crippen LogP contribution >= 0.6 is 0 Å². The molecule has 3 aromatic rings. The van der Waals surface area contributed by atoms with Gasteiger partial charge < -0.3 is 35.0 Å². The van der Waals surface area contributed by atoms with Crippen molar-refractivity contribution in [3.8, 4) is 17.0 Å². The maximum Gasteiger partial charge on any atom is 0.169 e. The molecule has 0 saturated carbocycles. The maximum atomic E-state index is 15.4. The van der Waals surface area contributed by atoms with Gasteiger partial charge in [0.1, 0.15) is 17.4 Å². The van der Waals surface area contributed by atoms with Crippen LogP contribution < -0.4 is 20.4 Å². The second-order valence-electron chi connectivity index (χ2n) is 13.1. The molecule has 254 valence electrons. The normalized spacial score (nSPS) is 20.1. The summed E-state index contributed by atoms with van der Waals surface area (Å²) in [6.07, 6.45) is 7.83. The van der Waals surface area contributed by atoms with Crippen molar-refractivity contribution in [2.24, 2.45) is 5.92 Å². The van der Waals surface area contributed by atoms with Crippen LogP contribution in [0.15, 0.2) is 42.5 Å². The molecule has 3 aliphatic rings.